The van der Waals surface area contributed by atoms with Crippen LogP contribution in [0.15, 0.2) is 47.1 Å². The zero-order valence-electron chi connectivity index (χ0n) is 20.8. The van der Waals surface area contributed by atoms with Gasteiger partial charge in [0.15, 0.2) is 5.03 Å². The van der Waals surface area contributed by atoms with Crippen LogP contribution in [0.1, 0.15) is 52.5 Å². The van der Waals surface area contributed by atoms with E-state index in [1.165, 1.54) is 22.9 Å². The Morgan fingerprint density at radius 1 is 1.31 bits per heavy atom. The summed E-state index contributed by atoms with van der Waals surface area (Å²) < 4.78 is 58.1. The highest BCUT2D eigenvalue weighted by Gasteiger charge is 2.52. The van der Waals surface area contributed by atoms with Crippen LogP contribution < -0.4 is 5.43 Å². The van der Waals surface area contributed by atoms with Crippen molar-refractivity contribution in [3.8, 4) is 0 Å². The van der Waals surface area contributed by atoms with E-state index in [2.05, 4.69) is 36.5 Å². The number of hydrogen-bond donors (Lipinski definition) is 1. The summed E-state index contributed by atoms with van der Waals surface area (Å²) in [4.78, 5) is 14.9. The number of nitrogens with zero attached hydrogens (tertiary/aromatic N) is 4. The summed E-state index contributed by atoms with van der Waals surface area (Å²) in [6.45, 7) is 8.69. The quantitative estimate of drug-likeness (QED) is 0.365. The Hall–Kier alpha value is -2.66. The minimum Gasteiger partial charge on any atom is -0.339 e. The molecular weight excluding hydrogens is 476 g/mol. The van der Waals surface area contributed by atoms with Crippen LogP contribution in [0.4, 0.5) is 8.78 Å². The number of nitroso groups, excluding NO2 is 1. The molecular formula is C24H33F2N5O3S. The van der Waals surface area contributed by atoms with E-state index >= 15 is 0 Å². The van der Waals surface area contributed by atoms with Gasteiger partial charge < -0.3 is 4.57 Å². The molecule has 1 aliphatic rings. The second kappa shape index (κ2) is 10.1. The predicted molar refractivity (Wildman–Crippen MR) is 130 cm³/mol. The van der Waals surface area contributed by atoms with Crippen LogP contribution in [0.25, 0.3) is 5.70 Å². The summed E-state index contributed by atoms with van der Waals surface area (Å²) in [7, 11) is -2.03. The minimum atomic E-state index is -3.75. The number of rotatable bonds is 10. The Balaban J connectivity index is 1.84. The maximum Gasteiger partial charge on any atom is 0.262 e. The fourth-order valence-corrected chi connectivity index (χ4v) is 6.58. The van der Waals surface area contributed by atoms with Gasteiger partial charge in [0.25, 0.3) is 10.0 Å². The lowest BCUT2D eigenvalue weighted by atomic mass is 9.65. The molecule has 2 atom stereocenters. The molecule has 0 spiro atoms. The maximum atomic E-state index is 14.3. The number of nitrogens with one attached hydrogen (secondary N) is 1. The largest absolute Gasteiger partial charge is 0.339 e. The first-order chi connectivity index (χ1) is 16.4. The average molecular weight is 510 g/mol. The normalized spacial score (nSPS) is 22.5. The van der Waals surface area contributed by atoms with Crippen molar-refractivity contribution in [1.82, 2.24) is 19.3 Å². The summed E-state index contributed by atoms with van der Waals surface area (Å²) in [5.41, 5.74) is 1.16. The standard InChI is InChI=1S/C24H33F2N5O3S/c1-6-31(35(33,34)21-14-30(5)16-27-21)15-24(4)13-12-17(23(24,2)3)10-11-20(28-29-32)22-18(25)8-7-9-19(22)26/h7-9,11,14,16-17H,6,10,12-13,15H2,1-5H3,(H,28,32)/b20-11-/t17-,24?/m1/s1. The number of imidazole rings is 1. The lowest BCUT2D eigenvalue weighted by molar-refractivity contribution is 0.0689. The number of allylic oxidation sites excluding steroid dienone is 1. The van der Waals surface area contributed by atoms with Crippen molar-refractivity contribution in [2.45, 2.75) is 52.0 Å². The van der Waals surface area contributed by atoms with Crippen molar-refractivity contribution in [2.75, 3.05) is 13.1 Å². The molecule has 1 fully saturated rings. The Kier molecular flexibility index (Phi) is 7.80. The van der Waals surface area contributed by atoms with Gasteiger partial charge in [0.2, 0.25) is 0 Å². The molecule has 8 nitrogen and oxygen atoms in total. The van der Waals surface area contributed by atoms with E-state index in [9.17, 15) is 22.1 Å². The van der Waals surface area contributed by atoms with Crippen LogP contribution in [-0.2, 0) is 17.1 Å². The summed E-state index contributed by atoms with van der Waals surface area (Å²) >= 11 is 0. The third-order valence-corrected chi connectivity index (χ3v) is 9.60. The number of aromatic nitrogens is 2. The summed E-state index contributed by atoms with van der Waals surface area (Å²) in [6.07, 6.45) is 6.56. The molecule has 0 saturated heterocycles. The highest BCUT2D eigenvalue weighted by molar-refractivity contribution is 7.89. The molecule has 0 amide bonds. The Bertz CT molecular complexity index is 1190. The van der Waals surface area contributed by atoms with Crippen LogP contribution in [0, 0.1) is 33.3 Å². The van der Waals surface area contributed by atoms with Gasteiger partial charge in [0.1, 0.15) is 11.6 Å². The Morgan fingerprint density at radius 3 is 2.51 bits per heavy atom. The van der Waals surface area contributed by atoms with E-state index in [-0.39, 0.29) is 33.0 Å². The van der Waals surface area contributed by atoms with Crippen LogP contribution in [0.5, 0.6) is 0 Å². The van der Waals surface area contributed by atoms with E-state index < -0.39 is 21.7 Å². The SMILES string of the molecule is CCN(CC1(C)CC[C@@H](C/C=C(\NN=O)c2c(F)cccc2F)C1(C)C)S(=O)(=O)c1cn(C)cn1. The van der Waals surface area contributed by atoms with Gasteiger partial charge in [-0.15, -0.1) is 4.91 Å². The number of aryl methyl sites for hydroxylation is 1. The van der Waals surface area contributed by atoms with Gasteiger partial charge >= 0.3 is 0 Å². The van der Waals surface area contributed by atoms with E-state index in [1.807, 2.05) is 0 Å². The smallest absolute Gasteiger partial charge is 0.262 e. The number of hydrogen-bond acceptors (Lipinski definition) is 5. The molecule has 192 valence electrons. The molecule has 1 aliphatic carbocycles. The Labute approximate surface area is 205 Å². The van der Waals surface area contributed by atoms with E-state index in [0.29, 0.717) is 19.5 Å². The van der Waals surface area contributed by atoms with Crippen molar-refractivity contribution in [3.05, 3.63) is 58.9 Å². The maximum absolute atomic E-state index is 14.3. The fraction of sp³-hybridized carbons (Fsp3) is 0.542. The number of halogens is 2. The van der Waals surface area contributed by atoms with Gasteiger partial charge in [-0.2, -0.15) is 4.31 Å². The molecule has 2 aromatic rings. The molecule has 11 heteroatoms. The van der Waals surface area contributed by atoms with Crippen molar-refractivity contribution in [2.24, 2.45) is 29.1 Å². The van der Waals surface area contributed by atoms with E-state index in [1.54, 1.807) is 24.6 Å². The molecule has 1 aromatic carbocycles. The first-order valence-electron chi connectivity index (χ1n) is 11.6. The zero-order chi connectivity index (χ0) is 26.0. The van der Waals surface area contributed by atoms with Gasteiger partial charge in [0.05, 0.1) is 22.9 Å². The van der Waals surface area contributed by atoms with Crippen LogP contribution >= 0.6 is 0 Å². The summed E-state index contributed by atoms with van der Waals surface area (Å²) in [5.74, 6) is -1.50. The van der Waals surface area contributed by atoms with E-state index in [4.69, 9.17) is 0 Å². The van der Waals surface area contributed by atoms with Crippen molar-refractivity contribution >= 4 is 15.7 Å². The topological polar surface area (TPSA) is 96.7 Å². The second-order valence-corrected chi connectivity index (χ2v) is 11.9. The fourth-order valence-electron chi connectivity index (χ4n) is 5.04. The van der Waals surface area contributed by atoms with Gasteiger partial charge in [-0.05, 0) is 48.1 Å². The third kappa shape index (κ3) is 5.16. The second-order valence-electron chi connectivity index (χ2n) is 9.98. The molecule has 1 aromatic heterocycles. The molecule has 0 bridgehead atoms. The van der Waals surface area contributed by atoms with Gasteiger partial charge in [-0.25, -0.2) is 27.6 Å². The molecule has 0 aliphatic heterocycles. The first kappa shape index (κ1) is 26.9. The molecule has 35 heavy (non-hydrogen) atoms. The lowest BCUT2D eigenvalue weighted by Crippen LogP contribution is -2.46. The van der Waals surface area contributed by atoms with Crippen LogP contribution in [0.2, 0.25) is 0 Å². The third-order valence-electron chi connectivity index (χ3n) is 7.79. The molecule has 0 radical (unpaired) electrons. The Morgan fingerprint density at radius 2 is 1.97 bits per heavy atom. The van der Waals surface area contributed by atoms with Gasteiger partial charge in [-0.3, -0.25) is 0 Å². The van der Waals surface area contributed by atoms with Gasteiger partial charge in [-0.1, -0.05) is 39.8 Å². The van der Waals surface area contributed by atoms with Crippen LogP contribution in [0.3, 0.4) is 0 Å². The van der Waals surface area contributed by atoms with E-state index in [0.717, 1.165) is 25.0 Å². The molecule has 1 unspecified atom stereocenters. The van der Waals surface area contributed by atoms with Crippen molar-refractivity contribution in [3.63, 3.8) is 0 Å². The molecule has 1 heterocycles. The highest BCUT2D eigenvalue weighted by Crippen LogP contribution is 2.57. The van der Waals surface area contributed by atoms with Crippen molar-refractivity contribution in [1.29, 1.82) is 0 Å². The lowest BCUT2D eigenvalue weighted by Gasteiger charge is -2.44. The average Bonchev–Trinajstić information content (AvgIpc) is 3.32. The van der Waals surface area contributed by atoms with Crippen LogP contribution in [-0.4, -0.2) is 35.4 Å². The summed E-state index contributed by atoms with van der Waals surface area (Å²) in [6, 6.07) is 3.50. The number of benzene rings is 1. The van der Waals surface area contributed by atoms with Gasteiger partial charge in [0, 0.05) is 26.3 Å². The summed E-state index contributed by atoms with van der Waals surface area (Å²) in [5, 5.41) is 2.65. The molecule has 1 N–H and O–H groups in total. The zero-order valence-corrected chi connectivity index (χ0v) is 21.6. The molecule has 1 saturated carbocycles. The predicted octanol–water partition coefficient (Wildman–Crippen LogP) is 4.85. The monoisotopic (exact) mass is 509 g/mol. The minimum absolute atomic E-state index is 0.0183. The van der Waals surface area contributed by atoms with Crippen molar-refractivity contribution < 1.29 is 17.2 Å². The highest BCUT2D eigenvalue weighted by atomic mass is 32.2. The molecule has 3 rings (SSSR count). The first-order valence-corrected chi connectivity index (χ1v) is 13.0. The number of sulfonamides is 1.